The topological polar surface area (TPSA) is 17.1 Å². The van der Waals surface area contributed by atoms with E-state index >= 15 is 0 Å². The van der Waals surface area contributed by atoms with Crippen LogP contribution in [0.3, 0.4) is 0 Å². The smallest absolute Gasteiger partial charge is 0.183 e. The van der Waals surface area contributed by atoms with Crippen LogP contribution in [0, 0.1) is 0 Å². The third-order valence-electron chi connectivity index (χ3n) is 6.56. The summed E-state index contributed by atoms with van der Waals surface area (Å²) in [6.07, 6.45) is 4.27. The molecule has 1 nitrogen and oxygen atoms in total. The maximum atomic E-state index is 14.4. The number of hydrogen-bond acceptors (Lipinski definition) is 1. The molecule has 5 rings (SSSR count). The highest BCUT2D eigenvalue weighted by Gasteiger charge is 2.32. The van der Waals surface area contributed by atoms with E-state index in [0.29, 0.717) is 6.42 Å². The second-order valence-corrected chi connectivity index (χ2v) is 12.3. The fourth-order valence-electron chi connectivity index (χ4n) is 4.86. The fraction of sp³-hybridized carbons (Fsp3) is 0.0286. The summed E-state index contributed by atoms with van der Waals surface area (Å²) in [4.78, 5) is 14.4. The van der Waals surface area contributed by atoms with Gasteiger partial charge >= 0.3 is 0 Å². The summed E-state index contributed by atoms with van der Waals surface area (Å²) >= 11 is 0. The average Bonchev–Trinajstić information content (AvgIpc) is 2.98. The first-order valence-electron chi connectivity index (χ1n) is 12.5. The van der Waals surface area contributed by atoms with Gasteiger partial charge < -0.3 is 0 Å². The van der Waals surface area contributed by atoms with Crippen LogP contribution in [0.2, 0.25) is 0 Å². The zero-order valence-electron chi connectivity index (χ0n) is 20.7. The molecule has 0 fully saturated rings. The maximum absolute atomic E-state index is 14.4. The highest BCUT2D eigenvalue weighted by molar-refractivity contribution is 7.96. The summed E-state index contributed by atoms with van der Waals surface area (Å²) < 4.78 is 0. The largest absolute Gasteiger partial charge is 0.290 e. The molecule has 2 heteroatoms. The molecule has 0 saturated carbocycles. The van der Waals surface area contributed by atoms with Crippen LogP contribution in [-0.4, -0.2) is 11.1 Å². The van der Waals surface area contributed by atoms with Gasteiger partial charge in [-0.3, -0.25) is 4.79 Å². The Labute approximate surface area is 219 Å². The van der Waals surface area contributed by atoms with Gasteiger partial charge in [0.1, 0.15) is 0 Å². The first-order chi connectivity index (χ1) is 18.3. The summed E-state index contributed by atoms with van der Waals surface area (Å²) in [7, 11) is 0. The molecule has 0 saturated heterocycles. The Hall–Kier alpha value is -4.19. The molecule has 180 valence electrons. The molecule has 0 N–H and O–H groups in total. The van der Waals surface area contributed by atoms with Crippen molar-refractivity contribution < 1.29 is 4.79 Å². The first kappa shape index (κ1) is 24.5. The van der Waals surface area contributed by atoms with E-state index in [2.05, 4.69) is 84.9 Å². The van der Waals surface area contributed by atoms with Crippen molar-refractivity contribution in [2.45, 2.75) is 6.42 Å². The summed E-state index contributed by atoms with van der Waals surface area (Å²) in [5.74, 6) is 0.0672. The van der Waals surface area contributed by atoms with Crippen molar-refractivity contribution in [3.63, 3.8) is 0 Å². The van der Waals surface area contributed by atoms with Gasteiger partial charge in [0.25, 0.3) is 0 Å². The second-order valence-electron chi connectivity index (χ2n) is 8.89. The third kappa shape index (κ3) is 5.33. The van der Waals surface area contributed by atoms with Gasteiger partial charge in [-0.05, 0) is 40.0 Å². The van der Waals surface area contributed by atoms with E-state index in [1.807, 2.05) is 72.8 Å². The number of carbonyl (C=O) groups is 1. The van der Waals surface area contributed by atoms with Crippen LogP contribution in [0.1, 0.15) is 11.1 Å². The number of benzene rings is 5. The van der Waals surface area contributed by atoms with Crippen molar-refractivity contribution in [2.24, 2.45) is 0 Å². The summed E-state index contributed by atoms with van der Waals surface area (Å²) in [5.41, 5.74) is 2.14. The van der Waals surface area contributed by atoms with Crippen LogP contribution in [0.5, 0.6) is 0 Å². The lowest BCUT2D eigenvalue weighted by Gasteiger charge is -2.32. The van der Waals surface area contributed by atoms with E-state index in [9.17, 15) is 4.79 Å². The molecule has 0 bridgehead atoms. The molecule has 0 aliphatic rings. The lowest BCUT2D eigenvalue weighted by molar-refractivity contribution is -0.108. The van der Waals surface area contributed by atoms with Crippen molar-refractivity contribution in [1.82, 2.24) is 0 Å². The molecule has 5 aromatic carbocycles. The number of ketones is 1. The van der Waals surface area contributed by atoms with E-state index in [1.165, 1.54) is 15.9 Å². The van der Waals surface area contributed by atoms with E-state index in [4.69, 9.17) is 0 Å². The van der Waals surface area contributed by atoms with E-state index < -0.39 is 6.89 Å². The van der Waals surface area contributed by atoms with Gasteiger partial charge in [0.2, 0.25) is 0 Å². The molecule has 0 unspecified atom stereocenters. The van der Waals surface area contributed by atoms with E-state index in [-0.39, 0.29) is 5.78 Å². The van der Waals surface area contributed by atoms with E-state index in [0.717, 1.165) is 16.4 Å². The Morgan fingerprint density at radius 2 is 0.892 bits per heavy atom. The number of rotatable bonds is 8. The summed E-state index contributed by atoms with van der Waals surface area (Å²) in [6.45, 7) is -2.49. The lowest BCUT2D eigenvalue weighted by Crippen LogP contribution is -2.34. The summed E-state index contributed by atoms with van der Waals surface area (Å²) in [5, 5.41) is 4.47. The molecule has 37 heavy (non-hydrogen) atoms. The van der Waals surface area contributed by atoms with Gasteiger partial charge in [-0.25, -0.2) is 0 Å². The molecule has 0 aliphatic carbocycles. The van der Waals surface area contributed by atoms with Gasteiger partial charge in [0.05, 0.1) is 0 Å². The van der Waals surface area contributed by atoms with E-state index in [1.54, 1.807) is 6.08 Å². The Morgan fingerprint density at radius 3 is 1.32 bits per heavy atom. The molecule has 0 aliphatic heterocycles. The molecule has 0 atom stereocenters. The number of carbonyl (C=O) groups excluding carboxylic acids is 1. The van der Waals surface area contributed by atoms with Crippen LogP contribution in [-0.2, 0) is 11.2 Å². The maximum Gasteiger partial charge on any atom is 0.183 e. The van der Waals surface area contributed by atoms with Crippen molar-refractivity contribution in [3.8, 4) is 0 Å². The lowest BCUT2D eigenvalue weighted by atomic mass is 10.1. The average molecular weight is 497 g/mol. The minimum Gasteiger partial charge on any atom is -0.290 e. The SMILES string of the molecule is O=C(C=Cc1ccccc1)C(Cc1ccccc1)=P(c1ccccc1)(c1ccccc1)c1ccccc1. The van der Waals surface area contributed by atoms with Crippen LogP contribution in [0.15, 0.2) is 158 Å². The Morgan fingerprint density at radius 1 is 0.514 bits per heavy atom. The molecule has 0 aromatic heterocycles. The van der Waals surface area contributed by atoms with Crippen molar-refractivity contribution in [1.29, 1.82) is 0 Å². The Bertz CT molecular complexity index is 1420. The highest BCUT2D eigenvalue weighted by Crippen LogP contribution is 2.47. The quantitative estimate of drug-likeness (QED) is 0.173. The molecule has 0 spiro atoms. The normalized spacial score (nSPS) is 11.4. The predicted molar refractivity (Wildman–Crippen MR) is 161 cm³/mol. The van der Waals surface area contributed by atoms with Gasteiger partial charge in [0, 0.05) is 11.7 Å². The first-order valence-corrected chi connectivity index (χ1v) is 14.3. The van der Waals surface area contributed by atoms with Crippen LogP contribution >= 0.6 is 6.89 Å². The number of hydrogen-bond donors (Lipinski definition) is 0. The third-order valence-corrected chi connectivity index (χ3v) is 11.0. The minimum absolute atomic E-state index is 0.0672. The van der Waals surface area contributed by atoms with Crippen molar-refractivity contribution >= 4 is 40.0 Å². The van der Waals surface area contributed by atoms with Gasteiger partial charge in [-0.15, -0.1) is 0 Å². The van der Waals surface area contributed by atoms with Gasteiger partial charge in [-0.1, -0.05) is 158 Å². The molecule has 5 aromatic rings. The van der Waals surface area contributed by atoms with Gasteiger partial charge in [0.15, 0.2) is 5.78 Å². The molecule has 0 heterocycles. The second kappa shape index (κ2) is 11.7. The van der Waals surface area contributed by atoms with Crippen molar-refractivity contribution in [3.05, 3.63) is 169 Å². The monoisotopic (exact) mass is 496 g/mol. The van der Waals surface area contributed by atoms with Crippen LogP contribution < -0.4 is 15.9 Å². The molecular weight excluding hydrogens is 467 g/mol. The predicted octanol–water partition coefficient (Wildman–Crippen LogP) is 6.68. The molecule has 0 amide bonds. The van der Waals surface area contributed by atoms with Gasteiger partial charge in [-0.2, -0.15) is 0 Å². The Balaban J connectivity index is 1.88. The molecule has 0 radical (unpaired) electrons. The zero-order valence-corrected chi connectivity index (χ0v) is 21.5. The zero-order chi connectivity index (χ0) is 25.3. The number of allylic oxidation sites excluding steroid dienone is 1. The van der Waals surface area contributed by atoms with Crippen LogP contribution in [0.25, 0.3) is 6.08 Å². The minimum atomic E-state index is -2.49. The Kier molecular flexibility index (Phi) is 7.75. The molecular formula is C35H29OP. The van der Waals surface area contributed by atoms with Crippen molar-refractivity contribution in [2.75, 3.05) is 0 Å². The fourth-order valence-corrected chi connectivity index (χ4v) is 9.37. The summed E-state index contributed by atoms with van der Waals surface area (Å²) in [6, 6.07) is 52.1. The standard InChI is InChI=1S/C35H29OP/c36-34(27-26-29-16-6-1-7-17-29)35(28-30-18-8-2-9-19-30)37(31-20-10-3-11-21-31,32-22-12-4-13-23-32)33-24-14-5-15-25-33/h1-27H,28H2. The van der Waals surface area contributed by atoms with Crippen LogP contribution in [0.4, 0.5) is 0 Å². The highest BCUT2D eigenvalue weighted by atomic mass is 31.2.